The molecule has 0 amide bonds. The van der Waals surface area contributed by atoms with E-state index in [-0.39, 0.29) is 5.56 Å². The van der Waals surface area contributed by atoms with Crippen molar-refractivity contribution in [2.45, 2.75) is 13.3 Å². The summed E-state index contributed by atoms with van der Waals surface area (Å²) < 4.78 is 11.7. The van der Waals surface area contributed by atoms with Crippen LogP contribution in [0.3, 0.4) is 0 Å². The van der Waals surface area contributed by atoms with Gasteiger partial charge in [0.25, 0.3) is 5.56 Å². The molecule has 0 unspecified atom stereocenters. The van der Waals surface area contributed by atoms with E-state index in [4.69, 9.17) is 21.1 Å². The predicted molar refractivity (Wildman–Crippen MR) is 101 cm³/mol. The number of benzene rings is 1. The fourth-order valence-corrected chi connectivity index (χ4v) is 3.58. The van der Waals surface area contributed by atoms with Crippen molar-refractivity contribution in [3.05, 3.63) is 50.3 Å². The number of hydrogen-bond donors (Lipinski definition) is 0. The monoisotopic (exact) mass is 377 g/mol. The molecule has 0 spiro atoms. The predicted octanol–water partition coefficient (Wildman–Crippen LogP) is 3.57. The summed E-state index contributed by atoms with van der Waals surface area (Å²) in [4.78, 5) is 18.7. The molecule has 2 heterocycles. The van der Waals surface area contributed by atoms with E-state index < -0.39 is 0 Å². The molecule has 0 saturated heterocycles. The van der Waals surface area contributed by atoms with E-state index >= 15 is 0 Å². The fraction of sp³-hybridized carbons (Fsp3) is 0.235. The Balaban J connectivity index is 1.99. The molecule has 0 radical (unpaired) electrons. The molecule has 0 fully saturated rings. The molecule has 3 aromatic rings. The topological polar surface area (TPSA) is 65.7 Å². The Morgan fingerprint density at radius 1 is 1.32 bits per heavy atom. The highest BCUT2D eigenvalue weighted by Gasteiger charge is 2.11. The zero-order chi connectivity index (χ0) is 18.0. The largest absolute Gasteiger partial charge is 0.493 e. The molecule has 130 valence electrons. The van der Waals surface area contributed by atoms with Crippen molar-refractivity contribution in [3.8, 4) is 11.5 Å². The van der Waals surface area contributed by atoms with Crippen LogP contribution in [0.2, 0.25) is 5.02 Å². The van der Waals surface area contributed by atoms with Crippen LogP contribution in [0.1, 0.15) is 17.4 Å². The van der Waals surface area contributed by atoms with E-state index in [9.17, 15) is 4.79 Å². The van der Waals surface area contributed by atoms with Gasteiger partial charge in [-0.1, -0.05) is 18.5 Å². The number of nitrogens with zero attached hydrogens (tertiary/aromatic N) is 3. The third-order valence-electron chi connectivity index (χ3n) is 3.62. The molecule has 25 heavy (non-hydrogen) atoms. The van der Waals surface area contributed by atoms with E-state index in [2.05, 4.69) is 10.1 Å². The normalized spacial score (nSPS) is 11.4. The molecular weight excluding hydrogens is 362 g/mol. The van der Waals surface area contributed by atoms with Crippen molar-refractivity contribution in [3.63, 3.8) is 0 Å². The average Bonchev–Trinajstić information content (AvgIpc) is 3.05. The Kier molecular flexibility index (Phi) is 5.06. The number of methoxy groups -OCH3 is 2. The van der Waals surface area contributed by atoms with E-state index in [1.165, 1.54) is 42.8 Å². The molecule has 0 aliphatic heterocycles. The zero-order valence-corrected chi connectivity index (χ0v) is 15.5. The first kappa shape index (κ1) is 17.4. The summed E-state index contributed by atoms with van der Waals surface area (Å²) in [5, 5.41) is 5.17. The number of hydrogen-bond acceptors (Lipinski definition) is 6. The van der Waals surface area contributed by atoms with Gasteiger partial charge >= 0.3 is 0 Å². The molecule has 3 rings (SSSR count). The molecule has 1 aromatic carbocycles. The van der Waals surface area contributed by atoms with Gasteiger partial charge in [0.05, 0.1) is 30.8 Å². The Hall–Kier alpha value is -2.38. The highest BCUT2D eigenvalue weighted by atomic mass is 35.5. The molecule has 0 bridgehead atoms. The van der Waals surface area contributed by atoms with Crippen molar-refractivity contribution in [1.82, 2.24) is 9.66 Å². The molecule has 6 nitrogen and oxygen atoms in total. The van der Waals surface area contributed by atoms with Gasteiger partial charge in [0.2, 0.25) is 0 Å². The zero-order valence-electron chi connectivity index (χ0n) is 13.9. The Morgan fingerprint density at radius 2 is 2.12 bits per heavy atom. The maximum absolute atomic E-state index is 12.5. The third-order valence-corrected chi connectivity index (χ3v) is 5.09. The molecule has 8 heteroatoms. The summed E-state index contributed by atoms with van der Waals surface area (Å²) in [6.45, 7) is 2.04. The van der Waals surface area contributed by atoms with Gasteiger partial charge in [-0.2, -0.15) is 9.78 Å². The van der Waals surface area contributed by atoms with Crippen LogP contribution in [0, 0.1) is 0 Å². The van der Waals surface area contributed by atoms with Crippen LogP contribution in [-0.2, 0) is 6.42 Å². The average molecular weight is 378 g/mol. The number of thiophene rings is 1. The van der Waals surface area contributed by atoms with Gasteiger partial charge in [-0.3, -0.25) is 4.79 Å². The molecule has 0 aliphatic rings. The fourth-order valence-electron chi connectivity index (χ4n) is 2.36. The minimum Gasteiger partial charge on any atom is -0.493 e. The Morgan fingerprint density at radius 3 is 2.80 bits per heavy atom. The number of aromatic nitrogens is 2. The molecule has 0 aliphatic carbocycles. The van der Waals surface area contributed by atoms with E-state index in [0.717, 1.165) is 16.1 Å². The van der Waals surface area contributed by atoms with Crippen molar-refractivity contribution in [2.24, 2.45) is 5.10 Å². The number of fused-ring (bicyclic) bond motifs is 1. The van der Waals surface area contributed by atoms with Crippen LogP contribution in [0.4, 0.5) is 0 Å². The standard InChI is InChI=1S/C17H16ClN3O3S/c1-4-11-7-12-16(25-11)19-9-21(17(12)22)20-8-10-5-13(18)15(24-3)14(6-10)23-2/h5-9H,4H2,1-3H3/b20-8-. The van der Waals surface area contributed by atoms with Crippen LogP contribution in [0.5, 0.6) is 11.5 Å². The van der Waals surface area contributed by atoms with Gasteiger partial charge < -0.3 is 9.47 Å². The smallest absolute Gasteiger partial charge is 0.282 e. The van der Waals surface area contributed by atoms with Gasteiger partial charge in [-0.15, -0.1) is 11.3 Å². The van der Waals surface area contributed by atoms with Crippen molar-refractivity contribution < 1.29 is 9.47 Å². The molecular formula is C17H16ClN3O3S. The second kappa shape index (κ2) is 7.25. The lowest BCUT2D eigenvalue weighted by molar-refractivity contribution is 0.355. The third kappa shape index (κ3) is 3.38. The summed E-state index contributed by atoms with van der Waals surface area (Å²) in [6, 6.07) is 5.28. The molecule has 0 N–H and O–H groups in total. The van der Waals surface area contributed by atoms with Crippen molar-refractivity contribution >= 4 is 39.4 Å². The second-order valence-electron chi connectivity index (χ2n) is 5.16. The molecule has 0 saturated carbocycles. The summed E-state index contributed by atoms with van der Waals surface area (Å²) in [5.41, 5.74) is 0.470. The first-order valence-corrected chi connectivity index (χ1v) is 8.72. The maximum Gasteiger partial charge on any atom is 0.282 e. The van der Waals surface area contributed by atoms with Gasteiger partial charge in [-0.25, -0.2) is 4.98 Å². The molecule has 2 aromatic heterocycles. The van der Waals surface area contributed by atoms with E-state index in [1.54, 1.807) is 12.1 Å². The van der Waals surface area contributed by atoms with E-state index in [1.807, 2.05) is 13.0 Å². The van der Waals surface area contributed by atoms with Crippen LogP contribution >= 0.6 is 22.9 Å². The first-order chi connectivity index (χ1) is 12.1. The van der Waals surface area contributed by atoms with Gasteiger partial charge in [-0.05, 0) is 30.2 Å². The van der Waals surface area contributed by atoms with Crippen LogP contribution in [-0.4, -0.2) is 30.1 Å². The van der Waals surface area contributed by atoms with Gasteiger partial charge in [0.15, 0.2) is 11.5 Å². The minimum atomic E-state index is -0.205. The number of rotatable bonds is 5. The lowest BCUT2D eigenvalue weighted by Gasteiger charge is -2.09. The summed E-state index contributed by atoms with van der Waals surface area (Å²) in [7, 11) is 3.04. The van der Waals surface area contributed by atoms with E-state index in [0.29, 0.717) is 27.5 Å². The number of halogens is 1. The summed E-state index contributed by atoms with van der Waals surface area (Å²) in [5.74, 6) is 0.940. The first-order valence-electron chi connectivity index (χ1n) is 7.53. The minimum absolute atomic E-state index is 0.205. The lowest BCUT2D eigenvalue weighted by Crippen LogP contribution is -2.16. The highest BCUT2D eigenvalue weighted by Crippen LogP contribution is 2.35. The quantitative estimate of drug-likeness (QED) is 0.637. The van der Waals surface area contributed by atoms with Crippen LogP contribution < -0.4 is 15.0 Å². The Labute approximate surface area is 153 Å². The van der Waals surface area contributed by atoms with Crippen molar-refractivity contribution in [2.75, 3.05) is 14.2 Å². The summed E-state index contributed by atoms with van der Waals surface area (Å²) in [6.07, 6.45) is 3.81. The van der Waals surface area contributed by atoms with Crippen LogP contribution in [0.15, 0.2) is 34.4 Å². The van der Waals surface area contributed by atoms with Crippen LogP contribution in [0.25, 0.3) is 10.2 Å². The lowest BCUT2D eigenvalue weighted by atomic mass is 10.2. The van der Waals surface area contributed by atoms with Crippen molar-refractivity contribution in [1.29, 1.82) is 0 Å². The summed E-state index contributed by atoms with van der Waals surface area (Å²) >= 11 is 7.70. The highest BCUT2D eigenvalue weighted by molar-refractivity contribution is 7.18. The number of aryl methyl sites for hydroxylation is 1. The second-order valence-corrected chi connectivity index (χ2v) is 6.68. The SMILES string of the molecule is CCc1cc2c(=O)n(/N=C\c3cc(Cl)c(OC)c(OC)c3)cnc2s1. The van der Waals surface area contributed by atoms with Gasteiger partial charge in [0.1, 0.15) is 11.2 Å². The maximum atomic E-state index is 12.5. The number of ether oxygens (including phenoxy) is 2. The van der Waals surface area contributed by atoms with Gasteiger partial charge in [0, 0.05) is 4.88 Å². The Bertz CT molecular complexity index is 1010. The molecule has 0 atom stereocenters.